The summed E-state index contributed by atoms with van der Waals surface area (Å²) in [7, 11) is -4.15. The molecule has 0 amide bonds. The van der Waals surface area contributed by atoms with Crippen LogP contribution in [0.1, 0.15) is 17.2 Å². The molecular formula is C20H14FN3O2S. The van der Waals surface area contributed by atoms with Crippen molar-refractivity contribution in [3.05, 3.63) is 96.1 Å². The van der Waals surface area contributed by atoms with E-state index in [1.807, 2.05) is 0 Å². The van der Waals surface area contributed by atoms with Gasteiger partial charge in [0.25, 0.3) is 10.0 Å². The minimum absolute atomic E-state index is 0.0566. The second-order valence-corrected chi connectivity index (χ2v) is 7.19. The highest BCUT2D eigenvalue weighted by molar-refractivity contribution is 7.90. The van der Waals surface area contributed by atoms with Gasteiger partial charge < -0.3 is 0 Å². The molecule has 0 saturated heterocycles. The van der Waals surface area contributed by atoms with Crippen molar-refractivity contribution in [2.45, 2.75) is 10.8 Å². The zero-order chi connectivity index (χ0) is 19.3. The van der Waals surface area contributed by atoms with Crippen molar-refractivity contribution in [2.24, 2.45) is 4.40 Å². The third-order valence-electron chi connectivity index (χ3n) is 3.79. The molecule has 2 aromatic carbocycles. The van der Waals surface area contributed by atoms with Crippen LogP contribution in [0.25, 0.3) is 0 Å². The highest BCUT2D eigenvalue weighted by Crippen LogP contribution is 2.23. The molecule has 0 aliphatic carbocycles. The van der Waals surface area contributed by atoms with E-state index in [1.54, 1.807) is 48.5 Å². The lowest BCUT2D eigenvalue weighted by atomic mass is 9.94. The van der Waals surface area contributed by atoms with Gasteiger partial charge in [-0.25, -0.2) is 4.39 Å². The van der Waals surface area contributed by atoms with Crippen LogP contribution in [-0.4, -0.2) is 19.1 Å². The molecule has 3 aromatic rings. The lowest BCUT2D eigenvalue weighted by molar-refractivity contribution is 0.596. The molecule has 3 rings (SSSR count). The van der Waals surface area contributed by atoms with E-state index in [0.717, 1.165) is 24.3 Å². The van der Waals surface area contributed by atoms with Crippen LogP contribution in [0.15, 0.2) is 88.3 Å². The maximum absolute atomic E-state index is 13.1. The number of sulfonamides is 1. The predicted octanol–water partition coefficient (Wildman–Crippen LogP) is 3.71. The lowest BCUT2D eigenvalue weighted by Gasteiger charge is -2.13. The van der Waals surface area contributed by atoms with Gasteiger partial charge in [-0.15, -0.1) is 0 Å². The average molecular weight is 379 g/mol. The predicted molar refractivity (Wildman–Crippen MR) is 99.2 cm³/mol. The summed E-state index contributed by atoms with van der Waals surface area (Å²) in [6, 6.07) is 20.1. The lowest BCUT2D eigenvalue weighted by Crippen LogP contribution is -2.16. The maximum atomic E-state index is 13.1. The summed E-state index contributed by atoms with van der Waals surface area (Å²) in [5, 5.41) is 9.70. The Morgan fingerprint density at radius 2 is 1.67 bits per heavy atom. The van der Waals surface area contributed by atoms with Gasteiger partial charge in [-0.2, -0.15) is 18.1 Å². The van der Waals surface area contributed by atoms with E-state index >= 15 is 0 Å². The third-order valence-corrected chi connectivity index (χ3v) is 5.09. The molecule has 0 saturated carbocycles. The van der Waals surface area contributed by atoms with Crippen LogP contribution < -0.4 is 0 Å². The Kier molecular flexibility index (Phi) is 5.38. The molecule has 1 aromatic heterocycles. The molecule has 1 unspecified atom stereocenters. The maximum Gasteiger partial charge on any atom is 0.282 e. The van der Waals surface area contributed by atoms with Crippen LogP contribution in [0.2, 0.25) is 0 Å². The molecule has 0 radical (unpaired) electrons. The zero-order valence-corrected chi connectivity index (χ0v) is 14.8. The van der Waals surface area contributed by atoms with E-state index < -0.39 is 21.8 Å². The summed E-state index contributed by atoms with van der Waals surface area (Å²) < 4.78 is 42.5. The first-order valence-electron chi connectivity index (χ1n) is 7.97. The Morgan fingerprint density at radius 1 is 1.00 bits per heavy atom. The van der Waals surface area contributed by atoms with Crippen molar-refractivity contribution in [3.8, 4) is 6.07 Å². The van der Waals surface area contributed by atoms with Gasteiger partial charge in [0.1, 0.15) is 11.7 Å². The molecule has 7 heteroatoms. The topological polar surface area (TPSA) is 83.2 Å². The smallest absolute Gasteiger partial charge is 0.259 e. The van der Waals surface area contributed by atoms with Crippen molar-refractivity contribution in [3.63, 3.8) is 0 Å². The number of aromatic nitrogens is 1. The molecular weight excluding hydrogens is 365 g/mol. The van der Waals surface area contributed by atoms with Gasteiger partial charge in [0, 0.05) is 6.20 Å². The summed E-state index contributed by atoms with van der Waals surface area (Å²) in [4.78, 5) is 4.01. The molecule has 0 bridgehead atoms. The van der Waals surface area contributed by atoms with Crippen molar-refractivity contribution >= 4 is 15.7 Å². The van der Waals surface area contributed by atoms with Crippen molar-refractivity contribution < 1.29 is 12.8 Å². The number of rotatable bonds is 5. The summed E-state index contributed by atoms with van der Waals surface area (Å²) in [5.41, 5.74) is 0.929. The van der Waals surface area contributed by atoms with Crippen LogP contribution in [-0.2, 0) is 10.0 Å². The highest BCUT2D eigenvalue weighted by Gasteiger charge is 2.24. The third kappa shape index (κ3) is 4.25. The largest absolute Gasteiger partial charge is 0.282 e. The van der Waals surface area contributed by atoms with Gasteiger partial charge in [-0.05, 0) is 42.0 Å². The number of hydrogen-bond donors (Lipinski definition) is 0. The summed E-state index contributed by atoms with van der Waals surface area (Å²) in [6.07, 6.45) is 1.52. The molecule has 0 fully saturated rings. The number of benzene rings is 2. The molecule has 27 heavy (non-hydrogen) atoms. The SMILES string of the molecule is N#CC(C(=NS(=O)(=O)c1ccc(F)cc1)c1ccccc1)c1ccccn1. The fourth-order valence-electron chi connectivity index (χ4n) is 2.48. The Balaban J connectivity index is 2.17. The van der Waals surface area contributed by atoms with Crippen LogP contribution in [0.4, 0.5) is 4.39 Å². The number of nitrogens with zero attached hydrogens (tertiary/aromatic N) is 3. The number of hydrogen-bond acceptors (Lipinski definition) is 4. The normalized spacial score (nSPS) is 13.0. The fraction of sp³-hybridized carbons (Fsp3) is 0.0500. The molecule has 0 N–H and O–H groups in total. The van der Waals surface area contributed by atoms with Gasteiger partial charge in [0.2, 0.25) is 0 Å². The van der Waals surface area contributed by atoms with E-state index in [1.165, 1.54) is 6.20 Å². The Bertz CT molecular complexity index is 1090. The average Bonchev–Trinajstić information content (AvgIpc) is 2.69. The minimum atomic E-state index is -4.15. The zero-order valence-electron chi connectivity index (χ0n) is 14.0. The van der Waals surface area contributed by atoms with Crippen LogP contribution in [0, 0.1) is 17.1 Å². The van der Waals surface area contributed by atoms with Crippen LogP contribution >= 0.6 is 0 Å². The first-order chi connectivity index (χ1) is 13.0. The van der Waals surface area contributed by atoms with E-state index in [2.05, 4.69) is 15.5 Å². The van der Waals surface area contributed by atoms with E-state index in [-0.39, 0.29) is 10.6 Å². The molecule has 0 spiro atoms. The summed E-state index contributed by atoms with van der Waals surface area (Å²) >= 11 is 0. The monoisotopic (exact) mass is 379 g/mol. The van der Waals surface area contributed by atoms with Gasteiger partial charge in [-0.3, -0.25) is 4.98 Å². The molecule has 1 atom stereocenters. The van der Waals surface area contributed by atoms with Crippen molar-refractivity contribution in [1.82, 2.24) is 4.98 Å². The van der Waals surface area contributed by atoms with Crippen LogP contribution in [0.3, 0.4) is 0 Å². The molecule has 1 heterocycles. The summed E-state index contributed by atoms with van der Waals surface area (Å²) in [6.45, 7) is 0. The fourth-order valence-corrected chi connectivity index (χ4v) is 3.54. The second kappa shape index (κ2) is 7.89. The molecule has 5 nitrogen and oxygen atoms in total. The van der Waals surface area contributed by atoms with E-state index in [4.69, 9.17) is 0 Å². The summed E-state index contributed by atoms with van der Waals surface area (Å²) in [5.74, 6) is -1.53. The number of nitriles is 1. The van der Waals surface area contributed by atoms with Gasteiger partial charge in [0.05, 0.1) is 22.4 Å². The van der Waals surface area contributed by atoms with Crippen molar-refractivity contribution in [2.75, 3.05) is 0 Å². The highest BCUT2D eigenvalue weighted by atomic mass is 32.2. The molecule has 134 valence electrons. The Morgan fingerprint density at radius 3 is 2.26 bits per heavy atom. The van der Waals surface area contributed by atoms with Crippen molar-refractivity contribution in [1.29, 1.82) is 5.26 Å². The van der Waals surface area contributed by atoms with E-state index in [9.17, 15) is 18.1 Å². The molecule has 0 aliphatic rings. The second-order valence-electron chi connectivity index (χ2n) is 5.59. The van der Waals surface area contributed by atoms with Gasteiger partial charge in [0.15, 0.2) is 0 Å². The molecule has 0 aliphatic heterocycles. The van der Waals surface area contributed by atoms with Crippen LogP contribution in [0.5, 0.6) is 0 Å². The standard InChI is InChI=1S/C20H14FN3O2S/c21-16-9-11-17(12-10-16)27(25,26)24-20(15-6-2-1-3-7-15)18(14-22)19-8-4-5-13-23-19/h1-13,18H. The number of pyridine rings is 1. The Hall–Kier alpha value is -3.37. The minimum Gasteiger partial charge on any atom is -0.259 e. The first kappa shape index (κ1) is 18.4. The quantitative estimate of drug-likeness (QED) is 0.633. The number of halogens is 1. The van der Waals surface area contributed by atoms with Gasteiger partial charge in [-0.1, -0.05) is 36.4 Å². The Labute approximate surface area is 156 Å². The van der Waals surface area contributed by atoms with Gasteiger partial charge >= 0.3 is 0 Å². The van der Waals surface area contributed by atoms with E-state index in [0.29, 0.717) is 11.3 Å². The first-order valence-corrected chi connectivity index (χ1v) is 9.41.